The molecule has 1 atom stereocenters. The molecule has 0 saturated carbocycles. The average molecular weight is 466 g/mol. The highest BCUT2D eigenvalue weighted by atomic mass is 32.2. The molecular formula is C22H32N3O4PS. The van der Waals surface area contributed by atoms with Gasteiger partial charge >= 0.3 is 0 Å². The van der Waals surface area contributed by atoms with Crippen LogP contribution in [-0.4, -0.2) is 42.4 Å². The Bertz CT molecular complexity index is 957. The quantitative estimate of drug-likeness (QED) is 0.328. The van der Waals surface area contributed by atoms with Crippen LogP contribution in [0.5, 0.6) is 0 Å². The number of rotatable bonds is 12. The summed E-state index contributed by atoms with van der Waals surface area (Å²) in [5.74, 6) is 0. The van der Waals surface area contributed by atoms with Gasteiger partial charge in [0.2, 0.25) is 0 Å². The van der Waals surface area contributed by atoms with Crippen molar-refractivity contribution in [2.75, 3.05) is 13.2 Å². The van der Waals surface area contributed by atoms with Crippen molar-refractivity contribution in [1.29, 1.82) is 5.26 Å². The number of aromatic nitrogens is 1. The standard InChI is InChI=1S/C22H32N3O4PS/c1-18(2)25(19(3)4)30(28-15-6-13-23)29-16-12-21-11-14-24(17-21)31(26,27)22-9-7-20(5)8-10-22/h7-11,14,17-19H,6,12,15-16H2,1-5H3. The third-order valence-electron chi connectivity index (χ3n) is 4.58. The van der Waals surface area contributed by atoms with Gasteiger partial charge in [-0.05, 0) is 64.8 Å². The van der Waals surface area contributed by atoms with Crippen LogP contribution in [0.3, 0.4) is 0 Å². The molecule has 0 aliphatic rings. The van der Waals surface area contributed by atoms with Crippen molar-refractivity contribution in [3.63, 3.8) is 0 Å². The maximum atomic E-state index is 12.8. The molecule has 0 aliphatic carbocycles. The van der Waals surface area contributed by atoms with E-state index >= 15 is 0 Å². The highest BCUT2D eigenvalue weighted by Gasteiger charge is 2.27. The van der Waals surface area contributed by atoms with E-state index in [1.807, 2.05) is 6.92 Å². The molecule has 1 aromatic carbocycles. The lowest BCUT2D eigenvalue weighted by molar-refractivity contribution is 0.177. The second kappa shape index (κ2) is 11.8. The van der Waals surface area contributed by atoms with Crippen molar-refractivity contribution in [2.24, 2.45) is 0 Å². The zero-order valence-electron chi connectivity index (χ0n) is 18.9. The fraction of sp³-hybridized carbons (Fsp3) is 0.500. The largest absolute Gasteiger partial charge is 0.322 e. The molecule has 7 nitrogen and oxygen atoms in total. The summed E-state index contributed by atoms with van der Waals surface area (Å²) in [6, 6.07) is 11.1. The maximum Gasteiger partial charge on any atom is 0.267 e. The first kappa shape index (κ1) is 25.5. The molecule has 0 fully saturated rings. The van der Waals surface area contributed by atoms with Crippen molar-refractivity contribution in [3.8, 4) is 6.07 Å². The van der Waals surface area contributed by atoms with Crippen LogP contribution >= 0.6 is 8.53 Å². The SMILES string of the molecule is Cc1ccc(S(=O)(=O)n2ccc(CCOP(OCCC#N)N(C(C)C)C(C)C)c2)cc1. The van der Waals surface area contributed by atoms with Gasteiger partial charge in [0.05, 0.1) is 30.6 Å². The summed E-state index contributed by atoms with van der Waals surface area (Å²) in [6.07, 6.45) is 4.05. The van der Waals surface area contributed by atoms with E-state index in [1.165, 1.54) is 3.97 Å². The normalized spacial score (nSPS) is 13.1. The molecule has 0 radical (unpaired) electrons. The van der Waals surface area contributed by atoms with Gasteiger partial charge in [-0.3, -0.25) is 0 Å². The Balaban J connectivity index is 2.04. The highest BCUT2D eigenvalue weighted by Crippen LogP contribution is 2.46. The van der Waals surface area contributed by atoms with Crippen LogP contribution in [0, 0.1) is 18.3 Å². The van der Waals surface area contributed by atoms with Gasteiger partial charge in [-0.1, -0.05) is 17.7 Å². The molecule has 0 aliphatic heterocycles. The van der Waals surface area contributed by atoms with Gasteiger partial charge in [0, 0.05) is 24.5 Å². The third-order valence-corrected chi connectivity index (χ3v) is 8.34. The van der Waals surface area contributed by atoms with Crippen LogP contribution in [0.15, 0.2) is 47.6 Å². The Morgan fingerprint density at radius 3 is 2.26 bits per heavy atom. The van der Waals surface area contributed by atoms with E-state index in [-0.39, 0.29) is 17.0 Å². The minimum atomic E-state index is -3.61. The molecular weight excluding hydrogens is 433 g/mol. The Morgan fingerprint density at radius 2 is 1.68 bits per heavy atom. The molecule has 0 spiro atoms. The Morgan fingerprint density at radius 1 is 1.06 bits per heavy atom. The zero-order valence-corrected chi connectivity index (χ0v) is 20.6. The van der Waals surface area contributed by atoms with Crippen LogP contribution in [0.2, 0.25) is 0 Å². The van der Waals surface area contributed by atoms with Crippen LogP contribution in [0.1, 0.15) is 45.2 Å². The summed E-state index contributed by atoms with van der Waals surface area (Å²) in [5, 5.41) is 8.80. The van der Waals surface area contributed by atoms with Gasteiger partial charge in [0.25, 0.3) is 18.5 Å². The fourth-order valence-electron chi connectivity index (χ4n) is 3.10. The Hall–Kier alpha value is -1.75. The molecule has 9 heteroatoms. The van der Waals surface area contributed by atoms with Gasteiger partial charge < -0.3 is 9.05 Å². The summed E-state index contributed by atoms with van der Waals surface area (Å²) in [7, 11) is -4.92. The number of benzene rings is 1. The lowest BCUT2D eigenvalue weighted by Crippen LogP contribution is -2.33. The lowest BCUT2D eigenvalue weighted by atomic mass is 10.2. The van der Waals surface area contributed by atoms with E-state index in [9.17, 15) is 8.42 Å². The van der Waals surface area contributed by atoms with E-state index in [2.05, 4.69) is 38.4 Å². The van der Waals surface area contributed by atoms with Crippen molar-refractivity contribution < 1.29 is 17.5 Å². The predicted molar refractivity (Wildman–Crippen MR) is 123 cm³/mol. The van der Waals surface area contributed by atoms with Gasteiger partial charge in [-0.2, -0.15) is 5.26 Å². The van der Waals surface area contributed by atoms with Crippen molar-refractivity contribution in [2.45, 2.75) is 64.4 Å². The lowest BCUT2D eigenvalue weighted by Gasteiger charge is -2.35. The Kier molecular flexibility index (Phi) is 9.67. The number of aryl methyl sites for hydroxylation is 1. The molecule has 0 saturated heterocycles. The highest BCUT2D eigenvalue weighted by molar-refractivity contribution is 7.90. The second-order valence-corrected chi connectivity index (χ2v) is 11.1. The van der Waals surface area contributed by atoms with Crippen LogP contribution < -0.4 is 0 Å². The zero-order chi connectivity index (χ0) is 23.0. The van der Waals surface area contributed by atoms with Crippen LogP contribution in [0.4, 0.5) is 0 Å². The Labute approximate surface area is 187 Å². The average Bonchev–Trinajstić information content (AvgIpc) is 3.17. The van der Waals surface area contributed by atoms with Crippen molar-refractivity contribution in [1.82, 2.24) is 8.64 Å². The number of nitriles is 1. The van der Waals surface area contributed by atoms with Gasteiger partial charge in [-0.15, -0.1) is 0 Å². The summed E-state index contributed by atoms with van der Waals surface area (Å²) in [4.78, 5) is 0.260. The van der Waals surface area contributed by atoms with E-state index in [1.54, 1.807) is 42.7 Å². The van der Waals surface area contributed by atoms with E-state index in [4.69, 9.17) is 14.3 Å². The second-order valence-electron chi connectivity index (χ2n) is 7.80. The van der Waals surface area contributed by atoms with Gasteiger partial charge in [0.15, 0.2) is 0 Å². The topological polar surface area (TPSA) is 84.6 Å². The van der Waals surface area contributed by atoms with Crippen LogP contribution in [0.25, 0.3) is 0 Å². The molecule has 0 N–H and O–H groups in total. The van der Waals surface area contributed by atoms with Crippen LogP contribution in [-0.2, 0) is 25.5 Å². The minimum Gasteiger partial charge on any atom is -0.322 e. The fourth-order valence-corrected chi connectivity index (χ4v) is 5.91. The molecule has 170 valence electrons. The summed E-state index contributed by atoms with van der Waals surface area (Å²) >= 11 is 0. The predicted octanol–water partition coefficient (Wildman–Crippen LogP) is 4.87. The number of hydrogen-bond donors (Lipinski definition) is 0. The molecule has 31 heavy (non-hydrogen) atoms. The first-order valence-corrected chi connectivity index (χ1v) is 12.9. The third kappa shape index (κ3) is 7.13. The molecule has 1 unspecified atom stereocenters. The first-order chi connectivity index (χ1) is 14.7. The molecule has 2 rings (SSSR count). The number of hydrogen-bond acceptors (Lipinski definition) is 6. The van der Waals surface area contributed by atoms with E-state index in [0.29, 0.717) is 26.1 Å². The van der Waals surface area contributed by atoms with E-state index in [0.717, 1.165) is 11.1 Å². The summed E-state index contributed by atoms with van der Waals surface area (Å²) in [5.41, 5.74) is 1.87. The summed E-state index contributed by atoms with van der Waals surface area (Å²) < 4.78 is 41.0. The van der Waals surface area contributed by atoms with E-state index < -0.39 is 18.5 Å². The summed E-state index contributed by atoms with van der Waals surface area (Å²) in [6.45, 7) is 11.0. The minimum absolute atomic E-state index is 0.230. The first-order valence-electron chi connectivity index (χ1n) is 10.4. The number of nitrogens with zero attached hydrogens (tertiary/aromatic N) is 3. The molecule has 1 aromatic heterocycles. The van der Waals surface area contributed by atoms with Crippen molar-refractivity contribution in [3.05, 3.63) is 53.9 Å². The molecule has 0 amide bonds. The smallest absolute Gasteiger partial charge is 0.267 e. The molecule has 2 aromatic rings. The van der Waals surface area contributed by atoms with Gasteiger partial charge in [0.1, 0.15) is 0 Å². The molecule has 1 heterocycles. The molecule has 0 bridgehead atoms. The maximum absolute atomic E-state index is 12.8. The van der Waals surface area contributed by atoms with Gasteiger partial charge in [-0.25, -0.2) is 17.1 Å². The monoisotopic (exact) mass is 465 g/mol. The van der Waals surface area contributed by atoms with Crippen molar-refractivity contribution >= 4 is 18.5 Å².